The average Bonchev–Trinajstić information content (AvgIpc) is 3.42. The summed E-state index contributed by atoms with van der Waals surface area (Å²) < 4.78 is 0. The van der Waals surface area contributed by atoms with Gasteiger partial charge in [-0.3, -0.25) is 9.59 Å². The van der Waals surface area contributed by atoms with E-state index in [2.05, 4.69) is 0 Å². The van der Waals surface area contributed by atoms with Crippen LogP contribution in [0.15, 0.2) is 91.0 Å². The number of carbonyl (C=O) groups is 2. The summed E-state index contributed by atoms with van der Waals surface area (Å²) in [5, 5.41) is 2.68. The van der Waals surface area contributed by atoms with Crippen LogP contribution < -0.4 is 0 Å². The molecule has 30 heavy (non-hydrogen) atoms. The summed E-state index contributed by atoms with van der Waals surface area (Å²) in [6.07, 6.45) is 0. The molecule has 4 aromatic carbocycles. The largest absolute Gasteiger partial charge is 0.294 e. The summed E-state index contributed by atoms with van der Waals surface area (Å²) >= 11 is 6.12. The van der Waals surface area contributed by atoms with E-state index in [-0.39, 0.29) is 17.5 Å². The van der Waals surface area contributed by atoms with Gasteiger partial charge >= 0.3 is 0 Å². The topological polar surface area (TPSA) is 34.1 Å². The standard InChI is InChI=1S/C27H17ClO2/c28-19-14-12-17(13-15-19)23-24(25(29)18-6-2-1-3-7-18)27(23)21-11-5-9-16-8-4-10-20(22(16)21)26(27)30/h1-15,23-24H. The number of hydrogen-bond donors (Lipinski definition) is 0. The molecule has 1 spiro atoms. The fraction of sp³-hybridized carbons (Fsp3) is 0.111. The molecule has 3 unspecified atom stereocenters. The third kappa shape index (κ3) is 2.15. The van der Waals surface area contributed by atoms with E-state index in [1.807, 2.05) is 91.0 Å². The van der Waals surface area contributed by atoms with Gasteiger partial charge in [0.05, 0.1) is 5.41 Å². The molecule has 144 valence electrons. The lowest BCUT2D eigenvalue weighted by atomic mass is 9.88. The number of benzene rings is 4. The monoisotopic (exact) mass is 408 g/mol. The van der Waals surface area contributed by atoms with Crippen molar-refractivity contribution in [2.45, 2.75) is 11.3 Å². The van der Waals surface area contributed by atoms with Crippen molar-refractivity contribution in [3.05, 3.63) is 118 Å². The summed E-state index contributed by atoms with van der Waals surface area (Å²) in [5.74, 6) is -0.545. The number of halogens is 1. The molecular formula is C27H17ClO2. The number of fused-ring (bicyclic) bond motifs is 1. The lowest BCUT2D eigenvalue weighted by Crippen LogP contribution is -2.22. The maximum atomic E-state index is 13.9. The summed E-state index contributed by atoms with van der Waals surface area (Å²) in [5.41, 5.74) is 2.49. The highest BCUT2D eigenvalue weighted by molar-refractivity contribution is 6.30. The molecule has 0 radical (unpaired) electrons. The fourth-order valence-electron chi connectivity index (χ4n) is 5.49. The van der Waals surface area contributed by atoms with E-state index >= 15 is 0 Å². The molecule has 0 aromatic heterocycles. The predicted molar refractivity (Wildman–Crippen MR) is 118 cm³/mol. The van der Waals surface area contributed by atoms with Crippen molar-refractivity contribution in [2.75, 3.05) is 0 Å². The first-order valence-corrected chi connectivity index (χ1v) is 10.4. The van der Waals surface area contributed by atoms with Crippen molar-refractivity contribution in [3.63, 3.8) is 0 Å². The van der Waals surface area contributed by atoms with Crippen molar-refractivity contribution in [1.82, 2.24) is 0 Å². The lowest BCUT2D eigenvalue weighted by molar-refractivity contribution is 0.0892. The Balaban J connectivity index is 1.59. The van der Waals surface area contributed by atoms with Crippen LogP contribution in [0.4, 0.5) is 0 Å². The Morgan fingerprint density at radius 2 is 1.50 bits per heavy atom. The number of Topliss-reactive ketones (excluding diaryl/α,β-unsaturated/α-hetero) is 2. The summed E-state index contributed by atoms with van der Waals surface area (Å²) in [6.45, 7) is 0. The van der Waals surface area contributed by atoms with Gasteiger partial charge in [-0.05, 0) is 34.0 Å². The second-order valence-corrected chi connectivity index (χ2v) is 8.58. The third-order valence-electron chi connectivity index (χ3n) is 6.75. The first kappa shape index (κ1) is 17.6. The van der Waals surface area contributed by atoms with E-state index in [0.29, 0.717) is 10.6 Å². The van der Waals surface area contributed by atoms with Crippen molar-refractivity contribution in [1.29, 1.82) is 0 Å². The number of ketones is 2. The minimum atomic E-state index is -0.843. The van der Waals surface area contributed by atoms with E-state index in [4.69, 9.17) is 11.6 Å². The molecule has 4 aromatic rings. The Kier molecular flexibility index (Phi) is 3.60. The first-order valence-electron chi connectivity index (χ1n) is 10.1. The van der Waals surface area contributed by atoms with Crippen LogP contribution in [0.1, 0.15) is 37.8 Å². The summed E-state index contributed by atoms with van der Waals surface area (Å²) in [7, 11) is 0. The zero-order chi connectivity index (χ0) is 20.5. The van der Waals surface area contributed by atoms with Crippen LogP contribution in [0, 0.1) is 5.92 Å². The highest BCUT2D eigenvalue weighted by Crippen LogP contribution is 2.71. The number of rotatable bonds is 3. The molecule has 3 atom stereocenters. The molecule has 0 saturated heterocycles. The second kappa shape index (κ2) is 6.13. The molecule has 3 heteroatoms. The van der Waals surface area contributed by atoms with Gasteiger partial charge in [-0.15, -0.1) is 0 Å². The van der Waals surface area contributed by atoms with Crippen LogP contribution in [0.2, 0.25) is 5.02 Å². The van der Waals surface area contributed by atoms with Gasteiger partial charge in [0.2, 0.25) is 0 Å². The first-order chi connectivity index (χ1) is 14.6. The Morgan fingerprint density at radius 1 is 0.800 bits per heavy atom. The van der Waals surface area contributed by atoms with Crippen LogP contribution in [-0.2, 0) is 5.41 Å². The van der Waals surface area contributed by atoms with E-state index < -0.39 is 11.3 Å². The van der Waals surface area contributed by atoms with E-state index in [1.54, 1.807) is 0 Å². The van der Waals surface area contributed by atoms with Crippen LogP contribution in [0.25, 0.3) is 10.8 Å². The lowest BCUT2D eigenvalue weighted by Gasteiger charge is -2.11. The molecule has 1 saturated carbocycles. The zero-order valence-corrected chi connectivity index (χ0v) is 16.8. The molecule has 1 fully saturated rings. The van der Waals surface area contributed by atoms with Gasteiger partial charge in [0, 0.05) is 28.0 Å². The highest BCUT2D eigenvalue weighted by atomic mass is 35.5. The van der Waals surface area contributed by atoms with E-state index in [9.17, 15) is 9.59 Å². The van der Waals surface area contributed by atoms with Gasteiger partial charge in [-0.25, -0.2) is 0 Å². The van der Waals surface area contributed by atoms with E-state index in [0.717, 1.165) is 27.5 Å². The van der Waals surface area contributed by atoms with Gasteiger partial charge < -0.3 is 0 Å². The van der Waals surface area contributed by atoms with Gasteiger partial charge in [0.15, 0.2) is 11.6 Å². The molecule has 2 aliphatic carbocycles. The Hall–Kier alpha value is -3.23. The Bertz CT molecular complexity index is 1340. The molecule has 0 bridgehead atoms. The number of hydrogen-bond acceptors (Lipinski definition) is 2. The molecule has 2 aliphatic rings. The number of carbonyl (C=O) groups excluding carboxylic acids is 2. The molecule has 0 amide bonds. The Labute approximate surface area is 179 Å². The SMILES string of the molecule is O=C(c1ccccc1)C1C(c2ccc(Cl)cc2)C12C(=O)c1cccc3cccc2c13. The van der Waals surface area contributed by atoms with Gasteiger partial charge in [-0.2, -0.15) is 0 Å². The van der Waals surface area contributed by atoms with E-state index in [1.165, 1.54) is 0 Å². The minimum absolute atomic E-state index is 0.0220. The third-order valence-corrected chi connectivity index (χ3v) is 7.00. The highest BCUT2D eigenvalue weighted by Gasteiger charge is 2.75. The van der Waals surface area contributed by atoms with Crippen LogP contribution in [0.3, 0.4) is 0 Å². The normalized spacial score (nSPS) is 23.8. The quantitative estimate of drug-likeness (QED) is 0.377. The molecule has 6 rings (SSSR count). The summed E-state index contributed by atoms with van der Waals surface area (Å²) in [6, 6.07) is 28.8. The maximum Gasteiger partial charge on any atom is 0.175 e. The zero-order valence-electron chi connectivity index (χ0n) is 16.0. The molecule has 2 nitrogen and oxygen atoms in total. The van der Waals surface area contributed by atoms with Crippen LogP contribution in [-0.4, -0.2) is 11.6 Å². The van der Waals surface area contributed by atoms with Crippen molar-refractivity contribution < 1.29 is 9.59 Å². The van der Waals surface area contributed by atoms with Crippen LogP contribution >= 0.6 is 11.6 Å². The van der Waals surface area contributed by atoms with Gasteiger partial charge in [-0.1, -0.05) is 90.5 Å². The van der Waals surface area contributed by atoms with Gasteiger partial charge in [0.1, 0.15) is 0 Å². The molecule has 0 aliphatic heterocycles. The molecular weight excluding hydrogens is 392 g/mol. The average molecular weight is 409 g/mol. The second-order valence-electron chi connectivity index (χ2n) is 8.14. The van der Waals surface area contributed by atoms with Crippen molar-refractivity contribution >= 4 is 33.9 Å². The predicted octanol–water partition coefficient (Wildman–Crippen LogP) is 6.22. The maximum absolute atomic E-state index is 13.9. The summed E-state index contributed by atoms with van der Waals surface area (Å²) in [4.78, 5) is 27.5. The Morgan fingerprint density at radius 3 is 2.23 bits per heavy atom. The smallest absolute Gasteiger partial charge is 0.175 e. The van der Waals surface area contributed by atoms with Crippen molar-refractivity contribution in [3.8, 4) is 0 Å². The van der Waals surface area contributed by atoms with Gasteiger partial charge in [0.25, 0.3) is 0 Å². The fourth-order valence-corrected chi connectivity index (χ4v) is 5.62. The van der Waals surface area contributed by atoms with Crippen LogP contribution in [0.5, 0.6) is 0 Å². The minimum Gasteiger partial charge on any atom is -0.294 e. The van der Waals surface area contributed by atoms with Crippen molar-refractivity contribution in [2.24, 2.45) is 5.92 Å². The molecule has 0 heterocycles. The molecule has 0 N–H and O–H groups in total.